The third-order valence-electron chi connectivity index (χ3n) is 5.69. The van der Waals surface area contributed by atoms with E-state index in [-0.39, 0.29) is 11.7 Å². The molecule has 1 aromatic heterocycles. The molecule has 3 aliphatic carbocycles. The van der Waals surface area contributed by atoms with Gasteiger partial charge in [0.1, 0.15) is 16.8 Å². The number of hydrogen-bond donors (Lipinski definition) is 0. The fourth-order valence-electron chi connectivity index (χ4n) is 4.08. The van der Waals surface area contributed by atoms with Gasteiger partial charge >= 0.3 is 0 Å². The molecule has 0 amide bonds. The third kappa shape index (κ3) is 1.78. The highest BCUT2D eigenvalue weighted by Gasteiger charge is 2.64. The Labute approximate surface area is 133 Å². The molecular formula is C18H16ClFN2. The van der Waals surface area contributed by atoms with E-state index in [0.29, 0.717) is 16.5 Å². The summed E-state index contributed by atoms with van der Waals surface area (Å²) in [5.41, 5.74) is 3.22. The van der Waals surface area contributed by atoms with Crippen molar-refractivity contribution in [1.82, 2.24) is 9.97 Å². The molecule has 2 aromatic rings. The van der Waals surface area contributed by atoms with Gasteiger partial charge in [-0.05, 0) is 49.1 Å². The molecule has 3 aliphatic rings. The highest BCUT2D eigenvalue weighted by atomic mass is 35.5. The Bertz CT molecular complexity index is 785. The fourth-order valence-corrected chi connectivity index (χ4v) is 4.35. The summed E-state index contributed by atoms with van der Waals surface area (Å²) < 4.78 is 14.2. The molecular weight excluding hydrogens is 299 g/mol. The number of nitrogens with zero attached hydrogens (tertiary/aromatic N) is 2. The summed E-state index contributed by atoms with van der Waals surface area (Å²) in [6, 6.07) is 7.01. The summed E-state index contributed by atoms with van der Waals surface area (Å²) in [7, 11) is 0. The van der Waals surface area contributed by atoms with E-state index in [1.54, 1.807) is 6.07 Å². The summed E-state index contributed by atoms with van der Waals surface area (Å²) in [5.74, 6) is 1.24. The molecule has 1 heterocycles. The second-order valence-corrected chi connectivity index (χ2v) is 7.33. The Morgan fingerprint density at radius 2 is 2.00 bits per heavy atom. The van der Waals surface area contributed by atoms with Gasteiger partial charge < -0.3 is 0 Å². The summed E-state index contributed by atoms with van der Waals surface area (Å²) >= 11 is 6.41. The Balaban J connectivity index is 1.59. The maximum Gasteiger partial charge on any atom is 0.136 e. The highest BCUT2D eigenvalue weighted by Crippen LogP contribution is 2.74. The van der Waals surface area contributed by atoms with Crippen LogP contribution in [0.3, 0.4) is 0 Å². The molecule has 2 nitrogen and oxygen atoms in total. The van der Waals surface area contributed by atoms with Crippen LogP contribution in [0.2, 0.25) is 5.15 Å². The maximum absolute atomic E-state index is 14.2. The number of halogens is 2. The molecule has 5 rings (SSSR count). The van der Waals surface area contributed by atoms with Crippen molar-refractivity contribution in [3.8, 4) is 0 Å². The first-order valence-corrected chi connectivity index (χ1v) is 8.36. The zero-order valence-corrected chi connectivity index (χ0v) is 12.9. The Kier molecular flexibility index (Phi) is 2.53. The molecule has 0 radical (unpaired) electrons. The second-order valence-electron chi connectivity index (χ2n) is 6.97. The zero-order chi connectivity index (χ0) is 14.9. The van der Waals surface area contributed by atoms with Gasteiger partial charge in [0, 0.05) is 17.4 Å². The van der Waals surface area contributed by atoms with Crippen LogP contribution in [0.4, 0.5) is 4.39 Å². The van der Waals surface area contributed by atoms with Crippen molar-refractivity contribution in [2.24, 2.45) is 5.41 Å². The minimum atomic E-state index is -0.151. The van der Waals surface area contributed by atoms with E-state index in [9.17, 15) is 4.39 Å². The summed E-state index contributed by atoms with van der Waals surface area (Å²) in [6.07, 6.45) is 5.50. The lowest BCUT2D eigenvalue weighted by Gasteiger charge is -2.13. The van der Waals surface area contributed by atoms with E-state index in [0.717, 1.165) is 35.5 Å². The Hall–Kier alpha value is -1.48. The second kappa shape index (κ2) is 4.29. The lowest BCUT2D eigenvalue weighted by molar-refractivity contribution is 0.592. The minimum Gasteiger partial charge on any atom is -0.237 e. The first-order chi connectivity index (χ1) is 10.7. The molecule has 2 fully saturated rings. The Morgan fingerprint density at radius 3 is 2.73 bits per heavy atom. The van der Waals surface area contributed by atoms with Gasteiger partial charge in [-0.15, -0.1) is 0 Å². The van der Waals surface area contributed by atoms with E-state index >= 15 is 0 Å². The lowest BCUT2D eigenvalue weighted by atomic mass is 9.96. The number of benzene rings is 1. The van der Waals surface area contributed by atoms with Gasteiger partial charge in [0.05, 0.1) is 5.69 Å². The number of hydrogen-bond acceptors (Lipinski definition) is 2. The Morgan fingerprint density at radius 1 is 1.18 bits per heavy atom. The topological polar surface area (TPSA) is 25.8 Å². The summed E-state index contributed by atoms with van der Waals surface area (Å²) in [4.78, 5) is 9.40. The van der Waals surface area contributed by atoms with Gasteiger partial charge in [-0.2, -0.15) is 0 Å². The van der Waals surface area contributed by atoms with Crippen molar-refractivity contribution in [3.63, 3.8) is 0 Å². The van der Waals surface area contributed by atoms with Crippen molar-refractivity contribution in [2.75, 3.05) is 0 Å². The van der Waals surface area contributed by atoms with E-state index in [4.69, 9.17) is 16.6 Å². The monoisotopic (exact) mass is 314 g/mol. The van der Waals surface area contributed by atoms with Crippen LogP contribution in [0.1, 0.15) is 60.2 Å². The van der Waals surface area contributed by atoms with Crippen molar-refractivity contribution < 1.29 is 4.39 Å². The fraction of sp³-hybridized carbons (Fsp3) is 0.444. The largest absolute Gasteiger partial charge is 0.237 e. The quantitative estimate of drug-likeness (QED) is 0.756. The summed E-state index contributed by atoms with van der Waals surface area (Å²) in [6.45, 7) is 0. The predicted octanol–water partition coefficient (Wildman–Crippen LogP) is 4.61. The average molecular weight is 315 g/mol. The van der Waals surface area contributed by atoms with Crippen LogP contribution < -0.4 is 0 Å². The zero-order valence-electron chi connectivity index (χ0n) is 12.1. The third-order valence-corrected chi connectivity index (χ3v) is 6.01. The van der Waals surface area contributed by atoms with Crippen LogP contribution in [0.15, 0.2) is 24.3 Å². The number of rotatable bonds is 2. The molecule has 0 saturated heterocycles. The van der Waals surface area contributed by atoms with E-state index in [2.05, 4.69) is 4.98 Å². The number of fused-ring (bicyclic) bond motifs is 1. The van der Waals surface area contributed by atoms with Crippen LogP contribution in [0, 0.1) is 11.2 Å². The molecule has 0 bridgehead atoms. The smallest absolute Gasteiger partial charge is 0.136 e. The van der Waals surface area contributed by atoms with Crippen molar-refractivity contribution in [1.29, 1.82) is 0 Å². The molecule has 2 saturated carbocycles. The van der Waals surface area contributed by atoms with Crippen LogP contribution in [0.25, 0.3) is 0 Å². The van der Waals surface area contributed by atoms with Gasteiger partial charge in [0.2, 0.25) is 0 Å². The number of aromatic nitrogens is 2. The average Bonchev–Trinajstić information content (AvgIpc) is 3.40. The highest BCUT2D eigenvalue weighted by molar-refractivity contribution is 6.30. The molecule has 112 valence electrons. The van der Waals surface area contributed by atoms with Crippen LogP contribution in [-0.2, 0) is 6.42 Å². The molecule has 0 N–H and O–H groups in total. The minimum absolute atomic E-state index is 0.0179. The standard InChI is InChI=1S/C18H16ClFN2/c19-16-12-6-5-11(10-3-1-2-4-14(10)20)15(12)21-17(22-16)13-9-18(13)7-8-18/h1-4,11,13H,5-9H2. The van der Waals surface area contributed by atoms with Crippen LogP contribution >= 0.6 is 11.6 Å². The first-order valence-electron chi connectivity index (χ1n) is 7.99. The van der Waals surface area contributed by atoms with Crippen molar-refractivity contribution >= 4 is 11.6 Å². The van der Waals surface area contributed by atoms with E-state index in [1.807, 2.05) is 12.1 Å². The van der Waals surface area contributed by atoms with Crippen LogP contribution in [-0.4, -0.2) is 9.97 Å². The predicted molar refractivity (Wildman–Crippen MR) is 82.6 cm³/mol. The first kappa shape index (κ1) is 13.0. The van der Waals surface area contributed by atoms with Gasteiger partial charge in [-0.1, -0.05) is 29.8 Å². The SMILES string of the molecule is Fc1ccccc1C1CCc2c(Cl)nc(C3CC34CC4)nc21. The summed E-state index contributed by atoms with van der Waals surface area (Å²) in [5, 5.41) is 0.585. The van der Waals surface area contributed by atoms with Crippen LogP contribution in [0.5, 0.6) is 0 Å². The van der Waals surface area contributed by atoms with Gasteiger partial charge in [-0.3, -0.25) is 0 Å². The molecule has 2 atom stereocenters. The van der Waals surface area contributed by atoms with E-state index < -0.39 is 0 Å². The molecule has 4 heteroatoms. The normalized spacial score (nSPS) is 27.0. The molecule has 22 heavy (non-hydrogen) atoms. The molecule has 1 spiro atoms. The molecule has 1 aromatic carbocycles. The molecule has 0 aliphatic heterocycles. The van der Waals surface area contributed by atoms with Crippen molar-refractivity contribution in [2.45, 2.75) is 43.9 Å². The van der Waals surface area contributed by atoms with Gasteiger partial charge in [-0.25, -0.2) is 14.4 Å². The lowest BCUT2D eigenvalue weighted by Crippen LogP contribution is -2.06. The van der Waals surface area contributed by atoms with Crippen molar-refractivity contribution in [3.05, 3.63) is 57.9 Å². The van der Waals surface area contributed by atoms with E-state index in [1.165, 1.54) is 25.3 Å². The van der Waals surface area contributed by atoms with Gasteiger partial charge in [0.25, 0.3) is 0 Å². The maximum atomic E-state index is 14.2. The van der Waals surface area contributed by atoms with Gasteiger partial charge in [0.15, 0.2) is 0 Å². The molecule has 2 unspecified atom stereocenters.